The Morgan fingerprint density at radius 3 is 2.36 bits per heavy atom. The zero-order valence-corrected chi connectivity index (χ0v) is 32.3. The van der Waals surface area contributed by atoms with Gasteiger partial charge in [0.1, 0.15) is 5.75 Å². The molecule has 3 aliphatic rings. The van der Waals surface area contributed by atoms with Gasteiger partial charge in [-0.25, -0.2) is 0 Å². The van der Waals surface area contributed by atoms with Crippen molar-refractivity contribution in [3.63, 3.8) is 0 Å². The highest BCUT2D eigenvalue weighted by molar-refractivity contribution is 6.10. The molecule has 9 heteroatoms. The Morgan fingerprint density at radius 2 is 1.66 bits per heavy atom. The SMILES string of the molecule is COCCCN(CC1(O)CCC2c3ccc(cc3C(=O)c3ccc(OC)cc3)CC(O)CCC(C)=CCCC21C)C(=O)Cc1ccc(OC)c(OC)c1. The van der Waals surface area contributed by atoms with Crippen molar-refractivity contribution in [2.75, 3.05) is 48.1 Å². The number of amides is 1. The minimum Gasteiger partial charge on any atom is -0.497 e. The Labute approximate surface area is 314 Å². The molecule has 3 aliphatic carbocycles. The highest BCUT2D eigenvalue weighted by atomic mass is 16.5. The van der Waals surface area contributed by atoms with Gasteiger partial charge in [0, 0.05) is 43.3 Å². The van der Waals surface area contributed by atoms with Crippen LogP contribution in [-0.4, -0.2) is 86.6 Å². The summed E-state index contributed by atoms with van der Waals surface area (Å²) >= 11 is 0. The number of methoxy groups -OCH3 is 4. The third-order valence-electron chi connectivity index (χ3n) is 11.7. The first-order valence-electron chi connectivity index (χ1n) is 18.8. The standard InChI is InChI=1S/C44H57NO8/c1-30-9-7-21-43(2)38(36-18-11-31(25-34(46)15-10-30)26-37(36)42(48)33-13-16-35(51-4)17-14-33)20-22-44(43,49)29-45(23-8-24-50-3)41(47)28-32-12-19-39(52-5)40(27-32)53-6/h9,11-14,16-19,26-27,34,38,46,49H,7-8,10,15,20-25,28-29H2,1-6H3. The maximum Gasteiger partial charge on any atom is 0.227 e. The van der Waals surface area contributed by atoms with Gasteiger partial charge < -0.3 is 34.1 Å². The quantitative estimate of drug-likeness (QED) is 0.109. The highest BCUT2D eigenvalue weighted by Crippen LogP contribution is 2.59. The molecule has 286 valence electrons. The van der Waals surface area contributed by atoms with Crippen molar-refractivity contribution in [2.24, 2.45) is 5.41 Å². The number of carbonyl (C=O) groups is 2. The van der Waals surface area contributed by atoms with E-state index in [9.17, 15) is 19.8 Å². The number of fused-ring (bicyclic) bond motifs is 8. The van der Waals surface area contributed by atoms with E-state index in [0.29, 0.717) is 80.1 Å². The number of nitrogens with zero attached hydrogens (tertiary/aromatic N) is 1. The van der Waals surface area contributed by atoms with Gasteiger partial charge in [0.25, 0.3) is 0 Å². The van der Waals surface area contributed by atoms with Crippen LogP contribution in [0, 0.1) is 5.41 Å². The van der Waals surface area contributed by atoms with Crippen LogP contribution in [0.15, 0.2) is 72.3 Å². The van der Waals surface area contributed by atoms with E-state index in [-0.39, 0.29) is 30.6 Å². The molecule has 2 N–H and O–H groups in total. The van der Waals surface area contributed by atoms with Gasteiger partial charge in [0.05, 0.1) is 39.5 Å². The number of hydrogen-bond donors (Lipinski definition) is 2. The summed E-state index contributed by atoms with van der Waals surface area (Å²) in [5.74, 6) is 1.45. The van der Waals surface area contributed by atoms with Crippen LogP contribution in [0.3, 0.4) is 0 Å². The van der Waals surface area contributed by atoms with Gasteiger partial charge in [-0.2, -0.15) is 0 Å². The van der Waals surface area contributed by atoms with E-state index >= 15 is 0 Å². The molecule has 0 radical (unpaired) electrons. The van der Waals surface area contributed by atoms with Crippen molar-refractivity contribution in [1.82, 2.24) is 4.90 Å². The fraction of sp³-hybridized carbons (Fsp3) is 0.500. The number of carbonyl (C=O) groups excluding carboxylic acids is 2. The zero-order chi connectivity index (χ0) is 38.2. The van der Waals surface area contributed by atoms with Gasteiger partial charge in [0.2, 0.25) is 5.91 Å². The van der Waals surface area contributed by atoms with Gasteiger partial charge in [-0.05, 0) is 123 Å². The molecular formula is C44H57NO8. The van der Waals surface area contributed by atoms with E-state index in [1.165, 1.54) is 5.57 Å². The van der Waals surface area contributed by atoms with E-state index in [0.717, 1.165) is 29.5 Å². The maximum absolute atomic E-state index is 14.4. The molecule has 0 aromatic heterocycles. The first kappa shape index (κ1) is 40.0. The molecule has 2 bridgehead atoms. The molecule has 6 rings (SSSR count). The number of ether oxygens (including phenoxy) is 4. The van der Waals surface area contributed by atoms with Crippen LogP contribution in [0.25, 0.3) is 0 Å². The van der Waals surface area contributed by atoms with Crippen LogP contribution in [0.5, 0.6) is 17.2 Å². The molecule has 1 amide bonds. The molecule has 3 aromatic carbocycles. The summed E-state index contributed by atoms with van der Waals surface area (Å²) in [4.78, 5) is 30.3. The molecule has 3 aromatic rings. The lowest BCUT2D eigenvalue weighted by molar-refractivity contribution is -0.139. The number of ketones is 1. The monoisotopic (exact) mass is 727 g/mol. The van der Waals surface area contributed by atoms with Crippen molar-refractivity contribution < 1.29 is 38.7 Å². The number of rotatable bonds is 13. The number of hydrogen-bond acceptors (Lipinski definition) is 8. The molecule has 1 fully saturated rings. The molecular weight excluding hydrogens is 670 g/mol. The van der Waals surface area contributed by atoms with E-state index in [1.54, 1.807) is 63.7 Å². The second-order valence-corrected chi connectivity index (χ2v) is 15.0. The summed E-state index contributed by atoms with van der Waals surface area (Å²) in [7, 11) is 6.39. The second kappa shape index (κ2) is 17.8. The molecule has 9 nitrogen and oxygen atoms in total. The van der Waals surface area contributed by atoms with Crippen LogP contribution >= 0.6 is 0 Å². The van der Waals surface area contributed by atoms with Gasteiger partial charge in [-0.3, -0.25) is 9.59 Å². The van der Waals surface area contributed by atoms with E-state index in [2.05, 4.69) is 19.9 Å². The van der Waals surface area contributed by atoms with Gasteiger partial charge in [0.15, 0.2) is 17.3 Å². The normalized spacial score (nSPS) is 23.1. The summed E-state index contributed by atoms with van der Waals surface area (Å²) in [5, 5.41) is 24.0. The molecule has 4 atom stereocenters. The predicted molar refractivity (Wildman–Crippen MR) is 206 cm³/mol. The van der Waals surface area contributed by atoms with Crippen molar-refractivity contribution in [3.05, 3.63) is 100 Å². The minimum absolute atomic E-state index is 0.0938. The van der Waals surface area contributed by atoms with Gasteiger partial charge in [-0.1, -0.05) is 36.8 Å². The van der Waals surface area contributed by atoms with Crippen molar-refractivity contribution in [1.29, 1.82) is 0 Å². The molecule has 1 saturated carbocycles. The first-order chi connectivity index (χ1) is 25.4. The molecule has 0 spiro atoms. The summed E-state index contributed by atoms with van der Waals surface area (Å²) < 4.78 is 21.6. The Morgan fingerprint density at radius 1 is 0.906 bits per heavy atom. The highest BCUT2D eigenvalue weighted by Gasteiger charge is 2.57. The fourth-order valence-corrected chi connectivity index (χ4v) is 8.38. The number of aliphatic hydroxyl groups excluding tert-OH is 1. The summed E-state index contributed by atoms with van der Waals surface area (Å²) in [6.07, 6.45) is 6.78. The summed E-state index contributed by atoms with van der Waals surface area (Å²) in [6, 6.07) is 18.6. The summed E-state index contributed by atoms with van der Waals surface area (Å²) in [6.45, 7) is 5.32. The first-order valence-corrected chi connectivity index (χ1v) is 18.8. The lowest BCUT2D eigenvalue weighted by Gasteiger charge is -2.46. The Balaban J connectivity index is 1.54. The van der Waals surface area contributed by atoms with Gasteiger partial charge in [-0.15, -0.1) is 0 Å². The molecule has 4 unspecified atom stereocenters. The average molecular weight is 728 g/mol. The number of allylic oxidation sites excluding steroid dienone is 2. The smallest absolute Gasteiger partial charge is 0.227 e. The predicted octanol–water partition coefficient (Wildman–Crippen LogP) is 7.09. The van der Waals surface area contributed by atoms with Crippen molar-refractivity contribution in [2.45, 2.75) is 89.3 Å². The minimum atomic E-state index is -1.24. The third kappa shape index (κ3) is 9.14. The van der Waals surface area contributed by atoms with Crippen LogP contribution in [0.4, 0.5) is 0 Å². The Hall–Kier alpha value is -4.18. The largest absolute Gasteiger partial charge is 0.497 e. The maximum atomic E-state index is 14.4. The molecule has 0 heterocycles. The lowest BCUT2D eigenvalue weighted by atomic mass is 9.64. The molecule has 0 saturated heterocycles. The van der Waals surface area contributed by atoms with Crippen molar-refractivity contribution in [3.8, 4) is 17.2 Å². The second-order valence-electron chi connectivity index (χ2n) is 15.0. The summed E-state index contributed by atoms with van der Waals surface area (Å²) in [5.41, 5.74) is 2.99. The van der Waals surface area contributed by atoms with Crippen LogP contribution in [-0.2, 0) is 22.4 Å². The third-order valence-corrected chi connectivity index (χ3v) is 11.7. The van der Waals surface area contributed by atoms with E-state index < -0.39 is 17.1 Å². The molecule has 53 heavy (non-hydrogen) atoms. The van der Waals surface area contributed by atoms with E-state index in [1.807, 2.05) is 30.3 Å². The molecule has 0 aliphatic heterocycles. The zero-order valence-electron chi connectivity index (χ0n) is 32.3. The number of aliphatic hydroxyl groups is 2. The number of benzene rings is 3. The van der Waals surface area contributed by atoms with Crippen LogP contribution in [0.1, 0.15) is 97.3 Å². The Kier molecular flexibility index (Phi) is 13.4. The van der Waals surface area contributed by atoms with Crippen LogP contribution < -0.4 is 14.2 Å². The Bertz CT molecular complexity index is 1750. The topological polar surface area (TPSA) is 115 Å². The fourth-order valence-electron chi connectivity index (χ4n) is 8.38. The van der Waals surface area contributed by atoms with Gasteiger partial charge >= 0.3 is 0 Å². The average Bonchev–Trinajstić information content (AvgIpc) is 3.41. The van der Waals surface area contributed by atoms with Crippen LogP contribution in [0.2, 0.25) is 0 Å². The lowest BCUT2D eigenvalue weighted by Crippen LogP contribution is -2.54. The van der Waals surface area contributed by atoms with E-state index in [4.69, 9.17) is 18.9 Å². The van der Waals surface area contributed by atoms with Crippen molar-refractivity contribution >= 4 is 11.7 Å².